The van der Waals surface area contributed by atoms with Crippen LogP contribution in [0.2, 0.25) is 5.02 Å². The van der Waals surface area contributed by atoms with E-state index in [0.717, 1.165) is 0 Å². The maximum atomic E-state index is 10.2. The van der Waals surface area contributed by atoms with Crippen LogP contribution in [0, 0.1) is 0 Å². The lowest BCUT2D eigenvalue weighted by Gasteiger charge is -2.06. The van der Waals surface area contributed by atoms with E-state index in [9.17, 15) is 9.90 Å². The first-order valence-electron chi connectivity index (χ1n) is 3.93. The number of halogens is 1. The molecule has 4 nitrogen and oxygen atoms in total. The predicted octanol–water partition coefficient (Wildman–Crippen LogP) is 1.90. The number of carboxylic acids is 1. The molecular formula is C9H9ClO4. The fraction of sp³-hybridized carbons (Fsp3) is 0.222. The number of carboxylic acid groups (broad SMARTS) is 1. The minimum Gasteiger partial charge on any atom is -0.506 e. The molecule has 2 N–H and O–H groups in total. The van der Waals surface area contributed by atoms with Crippen LogP contribution in [0.4, 0.5) is 0 Å². The highest BCUT2D eigenvalue weighted by atomic mass is 35.5. The van der Waals surface area contributed by atoms with Gasteiger partial charge in [-0.3, -0.25) is 4.79 Å². The summed E-state index contributed by atoms with van der Waals surface area (Å²) in [6.07, 6.45) is -0.105. The van der Waals surface area contributed by atoms with Gasteiger partial charge >= 0.3 is 5.97 Å². The monoisotopic (exact) mass is 216 g/mol. The molecule has 0 aliphatic rings. The summed E-state index contributed by atoms with van der Waals surface area (Å²) in [5.41, 5.74) is 0. The number of benzene rings is 1. The summed E-state index contributed by atoms with van der Waals surface area (Å²) in [6, 6.07) is 4.55. The highest BCUT2D eigenvalue weighted by molar-refractivity contribution is 6.33. The fourth-order valence-electron chi connectivity index (χ4n) is 0.859. The summed E-state index contributed by atoms with van der Waals surface area (Å²) in [6.45, 7) is 0.0263. The lowest BCUT2D eigenvalue weighted by atomic mass is 10.3. The van der Waals surface area contributed by atoms with Crippen molar-refractivity contribution in [3.63, 3.8) is 0 Å². The molecule has 0 aliphatic carbocycles. The summed E-state index contributed by atoms with van der Waals surface area (Å²) in [5.74, 6) is -0.742. The van der Waals surface area contributed by atoms with Crippen molar-refractivity contribution in [1.29, 1.82) is 0 Å². The molecule has 0 unspecified atom stereocenters. The van der Waals surface area contributed by atoms with E-state index < -0.39 is 5.97 Å². The molecule has 0 bridgehead atoms. The number of rotatable bonds is 4. The van der Waals surface area contributed by atoms with Gasteiger partial charge in [-0.05, 0) is 12.1 Å². The maximum Gasteiger partial charge on any atom is 0.306 e. The first kappa shape index (κ1) is 10.7. The molecule has 5 heteroatoms. The Morgan fingerprint density at radius 2 is 2.21 bits per heavy atom. The Labute approximate surface area is 85.7 Å². The summed E-state index contributed by atoms with van der Waals surface area (Å²) < 4.78 is 5.06. The van der Waals surface area contributed by atoms with Crippen molar-refractivity contribution < 1.29 is 19.7 Å². The minimum absolute atomic E-state index is 0.0263. The number of ether oxygens (including phenoxy) is 1. The number of phenols is 1. The van der Waals surface area contributed by atoms with Crippen LogP contribution in [-0.2, 0) is 4.79 Å². The van der Waals surface area contributed by atoms with E-state index in [0.29, 0.717) is 0 Å². The zero-order chi connectivity index (χ0) is 10.6. The molecular weight excluding hydrogens is 208 g/mol. The Kier molecular flexibility index (Phi) is 3.59. The molecule has 0 heterocycles. The second-order valence-corrected chi connectivity index (χ2v) is 2.96. The highest BCUT2D eigenvalue weighted by Gasteiger charge is 2.06. The predicted molar refractivity (Wildman–Crippen MR) is 50.9 cm³/mol. The zero-order valence-corrected chi connectivity index (χ0v) is 7.99. The van der Waals surface area contributed by atoms with Gasteiger partial charge in [-0.2, -0.15) is 0 Å². The minimum atomic E-state index is -0.943. The zero-order valence-electron chi connectivity index (χ0n) is 7.24. The number of aromatic hydroxyl groups is 1. The standard InChI is InChI=1S/C9H9ClO4/c10-9-6(11)2-1-3-7(9)14-5-4-8(12)13/h1-3,11H,4-5H2,(H,12,13). The van der Waals surface area contributed by atoms with Crippen LogP contribution in [-0.4, -0.2) is 22.8 Å². The summed E-state index contributed by atoms with van der Waals surface area (Å²) in [5, 5.41) is 17.6. The molecule has 0 radical (unpaired) electrons. The van der Waals surface area contributed by atoms with Crippen LogP contribution in [0.3, 0.4) is 0 Å². The summed E-state index contributed by atoms with van der Waals surface area (Å²) >= 11 is 5.69. The van der Waals surface area contributed by atoms with Gasteiger partial charge in [0.05, 0.1) is 13.0 Å². The Bertz CT molecular complexity index is 338. The van der Waals surface area contributed by atoms with Gasteiger partial charge in [0, 0.05) is 0 Å². The third kappa shape index (κ3) is 2.81. The van der Waals surface area contributed by atoms with Crippen LogP contribution in [0.5, 0.6) is 11.5 Å². The van der Waals surface area contributed by atoms with E-state index in [2.05, 4.69) is 0 Å². The van der Waals surface area contributed by atoms with Gasteiger partial charge in [0.15, 0.2) is 0 Å². The molecule has 0 aromatic heterocycles. The first-order valence-corrected chi connectivity index (χ1v) is 4.31. The average molecular weight is 217 g/mol. The molecule has 0 amide bonds. The molecule has 0 fully saturated rings. The Morgan fingerprint density at radius 1 is 1.50 bits per heavy atom. The van der Waals surface area contributed by atoms with Crippen LogP contribution >= 0.6 is 11.6 Å². The molecule has 0 saturated carbocycles. The van der Waals surface area contributed by atoms with Gasteiger partial charge in [0.1, 0.15) is 16.5 Å². The van der Waals surface area contributed by atoms with Crippen molar-refractivity contribution in [2.45, 2.75) is 6.42 Å². The van der Waals surface area contributed by atoms with Gasteiger partial charge in [-0.25, -0.2) is 0 Å². The van der Waals surface area contributed by atoms with Crippen molar-refractivity contribution in [3.05, 3.63) is 23.2 Å². The van der Waals surface area contributed by atoms with Crippen LogP contribution < -0.4 is 4.74 Å². The van der Waals surface area contributed by atoms with Crippen LogP contribution in [0.25, 0.3) is 0 Å². The fourth-order valence-corrected chi connectivity index (χ4v) is 1.04. The third-order valence-corrected chi connectivity index (χ3v) is 1.90. The molecule has 1 rings (SSSR count). The quantitative estimate of drug-likeness (QED) is 0.807. The molecule has 76 valence electrons. The van der Waals surface area contributed by atoms with Crippen LogP contribution in [0.15, 0.2) is 18.2 Å². The lowest BCUT2D eigenvalue weighted by Crippen LogP contribution is -2.04. The van der Waals surface area contributed by atoms with Gasteiger partial charge in [-0.15, -0.1) is 0 Å². The van der Waals surface area contributed by atoms with E-state index in [1.807, 2.05) is 0 Å². The largest absolute Gasteiger partial charge is 0.506 e. The normalized spacial score (nSPS) is 9.79. The van der Waals surface area contributed by atoms with Crippen molar-refractivity contribution in [2.75, 3.05) is 6.61 Å². The molecule has 14 heavy (non-hydrogen) atoms. The molecule has 1 aromatic rings. The van der Waals surface area contributed by atoms with Crippen LogP contribution in [0.1, 0.15) is 6.42 Å². The van der Waals surface area contributed by atoms with Gasteiger partial charge in [0.2, 0.25) is 0 Å². The molecule has 1 aromatic carbocycles. The summed E-state index contributed by atoms with van der Waals surface area (Å²) in [4.78, 5) is 10.2. The third-order valence-electron chi connectivity index (χ3n) is 1.52. The Balaban J connectivity index is 2.59. The highest BCUT2D eigenvalue weighted by Crippen LogP contribution is 2.32. The van der Waals surface area contributed by atoms with Gasteiger partial charge in [-0.1, -0.05) is 17.7 Å². The van der Waals surface area contributed by atoms with Gasteiger partial charge in [0.25, 0.3) is 0 Å². The lowest BCUT2D eigenvalue weighted by molar-refractivity contribution is -0.137. The number of phenolic OH excluding ortho intramolecular Hbond substituents is 1. The van der Waals surface area contributed by atoms with Crippen molar-refractivity contribution >= 4 is 17.6 Å². The SMILES string of the molecule is O=C(O)CCOc1cccc(O)c1Cl. The Morgan fingerprint density at radius 3 is 2.86 bits per heavy atom. The first-order chi connectivity index (χ1) is 6.61. The van der Waals surface area contributed by atoms with E-state index in [4.69, 9.17) is 21.4 Å². The molecule has 0 spiro atoms. The second kappa shape index (κ2) is 4.72. The molecule has 0 aliphatic heterocycles. The molecule has 0 atom stereocenters. The molecule has 0 saturated heterocycles. The van der Waals surface area contributed by atoms with Crippen molar-refractivity contribution in [3.8, 4) is 11.5 Å². The maximum absolute atomic E-state index is 10.2. The van der Waals surface area contributed by atoms with Crippen molar-refractivity contribution in [2.24, 2.45) is 0 Å². The second-order valence-electron chi connectivity index (χ2n) is 2.58. The number of aliphatic carboxylic acids is 1. The smallest absolute Gasteiger partial charge is 0.306 e. The average Bonchev–Trinajstić information content (AvgIpc) is 2.12. The number of hydrogen-bond donors (Lipinski definition) is 2. The topological polar surface area (TPSA) is 66.8 Å². The van der Waals surface area contributed by atoms with E-state index in [1.165, 1.54) is 6.07 Å². The summed E-state index contributed by atoms with van der Waals surface area (Å²) in [7, 11) is 0. The Hall–Kier alpha value is -1.42. The van der Waals surface area contributed by atoms with E-state index in [-0.39, 0.29) is 29.5 Å². The van der Waals surface area contributed by atoms with Gasteiger partial charge < -0.3 is 14.9 Å². The van der Waals surface area contributed by atoms with E-state index in [1.54, 1.807) is 12.1 Å². The van der Waals surface area contributed by atoms with E-state index >= 15 is 0 Å². The van der Waals surface area contributed by atoms with Crippen molar-refractivity contribution in [1.82, 2.24) is 0 Å². The number of hydrogen-bond acceptors (Lipinski definition) is 3. The number of carbonyl (C=O) groups is 1.